The number of rotatable bonds is 9. The van der Waals surface area contributed by atoms with Crippen LogP contribution in [0.4, 0.5) is 16.4 Å². The van der Waals surface area contributed by atoms with Gasteiger partial charge < -0.3 is 18.9 Å². The molecule has 0 saturated carbocycles. The Morgan fingerprint density at radius 2 is 1.62 bits per heavy atom. The highest BCUT2D eigenvalue weighted by molar-refractivity contribution is 7.90. The van der Waals surface area contributed by atoms with Gasteiger partial charge in [0.05, 0.1) is 35.8 Å². The topological polar surface area (TPSA) is 215 Å². The number of nitrogens with one attached hydrogen (secondary N) is 2. The molecule has 2 amide bonds. The predicted octanol–water partition coefficient (Wildman–Crippen LogP) is 5.64. The first kappa shape index (κ1) is 37.5. The van der Waals surface area contributed by atoms with Gasteiger partial charge in [-0.1, -0.05) is 35.3 Å². The summed E-state index contributed by atoms with van der Waals surface area (Å²) in [5.74, 6) is -1.18. The summed E-state index contributed by atoms with van der Waals surface area (Å²) in [6, 6.07) is 14.4. The second-order valence-corrected chi connectivity index (χ2v) is 12.7. The lowest BCUT2D eigenvalue weighted by molar-refractivity contribution is -0.385. The number of nitro benzene ring substituents is 1. The minimum atomic E-state index is -4.35. The Balaban J connectivity index is 0.000000232. The van der Waals surface area contributed by atoms with E-state index >= 15 is 0 Å². The van der Waals surface area contributed by atoms with E-state index in [-0.39, 0.29) is 51.6 Å². The van der Waals surface area contributed by atoms with Crippen molar-refractivity contribution in [3.63, 3.8) is 0 Å². The number of esters is 2. The zero-order chi connectivity index (χ0) is 36.6. The minimum absolute atomic E-state index is 0.0390. The van der Waals surface area contributed by atoms with E-state index in [2.05, 4.69) is 20.0 Å². The molecule has 1 fully saturated rings. The fourth-order valence-electron chi connectivity index (χ4n) is 4.15. The number of methoxy groups -OCH3 is 1. The van der Waals surface area contributed by atoms with E-state index in [1.807, 2.05) is 4.72 Å². The zero-order valence-corrected chi connectivity index (χ0v) is 28.7. The van der Waals surface area contributed by atoms with Crippen molar-refractivity contribution >= 4 is 62.8 Å². The number of benzene rings is 3. The first-order valence-electron chi connectivity index (χ1n) is 14.2. The van der Waals surface area contributed by atoms with Crippen LogP contribution in [-0.4, -0.2) is 67.7 Å². The Bertz CT molecular complexity index is 2040. The molecule has 4 aromatic rings. The van der Waals surface area contributed by atoms with Crippen LogP contribution in [0.5, 0.6) is 11.5 Å². The molecule has 3 aromatic carbocycles. The van der Waals surface area contributed by atoms with Crippen LogP contribution in [0.3, 0.4) is 0 Å². The lowest BCUT2D eigenvalue weighted by Crippen LogP contribution is -2.39. The van der Waals surface area contributed by atoms with Gasteiger partial charge >= 0.3 is 18.0 Å². The number of aromatic nitrogens is 2. The molecule has 1 aliphatic heterocycles. The van der Waals surface area contributed by atoms with Gasteiger partial charge in [-0.3, -0.25) is 15.4 Å². The molecule has 0 unspecified atom stereocenters. The molecule has 0 radical (unpaired) electrons. The first-order chi connectivity index (χ1) is 23.7. The molecule has 16 nitrogen and oxygen atoms in total. The molecule has 1 aliphatic rings. The summed E-state index contributed by atoms with van der Waals surface area (Å²) in [6.07, 6.45) is -0.416. The Morgan fingerprint density at radius 3 is 2.22 bits per heavy atom. The summed E-state index contributed by atoms with van der Waals surface area (Å²) in [5.41, 5.74) is 0.450. The molecule has 50 heavy (non-hydrogen) atoms. The normalized spacial score (nSPS) is 12.3. The lowest BCUT2D eigenvalue weighted by Gasteiger charge is -2.25. The maximum absolute atomic E-state index is 12.6. The van der Waals surface area contributed by atoms with Crippen LogP contribution in [-0.2, 0) is 24.2 Å². The third-order valence-corrected chi connectivity index (χ3v) is 8.32. The summed E-state index contributed by atoms with van der Waals surface area (Å²) in [7, 11) is -3.22. The van der Waals surface area contributed by atoms with Crippen LogP contribution >= 0.6 is 23.2 Å². The van der Waals surface area contributed by atoms with Crippen molar-refractivity contribution < 1.29 is 46.7 Å². The van der Waals surface area contributed by atoms with Gasteiger partial charge in [-0.25, -0.2) is 37.5 Å². The van der Waals surface area contributed by atoms with Crippen molar-refractivity contribution in [1.29, 1.82) is 0 Å². The molecule has 0 spiro atoms. The third kappa shape index (κ3) is 9.85. The summed E-state index contributed by atoms with van der Waals surface area (Å²) in [6.45, 7) is 3.95. The van der Waals surface area contributed by atoms with Crippen LogP contribution in [0.1, 0.15) is 32.1 Å². The molecule has 1 aromatic heterocycles. The monoisotopic (exact) mass is 747 g/mol. The molecule has 5 rings (SSSR count). The summed E-state index contributed by atoms with van der Waals surface area (Å²) < 4.78 is 47.2. The fourth-order valence-corrected chi connectivity index (χ4v) is 5.70. The number of hydrogen-bond donors (Lipinski definition) is 2. The fraction of sp³-hybridized carbons (Fsp3) is 0.194. The molecule has 1 saturated heterocycles. The van der Waals surface area contributed by atoms with Crippen molar-refractivity contribution in [2.75, 3.05) is 25.6 Å². The van der Waals surface area contributed by atoms with Gasteiger partial charge in [-0.15, -0.1) is 0 Å². The number of carbonyl (C=O) groups is 3. The van der Waals surface area contributed by atoms with Gasteiger partial charge in [0, 0.05) is 28.5 Å². The van der Waals surface area contributed by atoms with Gasteiger partial charge in [-0.2, -0.15) is 0 Å². The Morgan fingerprint density at radius 1 is 0.940 bits per heavy atom. The van der Waals surface area contributed by atoms with E-state index in [4.69, 9.17) is 37.4 Å². The van der Waals surface area contributed by atoms with E-state index in [1.54, 1.807) is 32.0 Å². The van der Waals surface area contributed by atoms with Crippen molar-refractivity contribution in [3.05, 3.63) is 109 Å². The maximum Gasteiger partial charge on any atom is 0.345 e. The molecular formula is C31H27Cl2N5O11S. The second-order valence-electron chi connectivity index (χ2n) is 10.2. The molecule has 0 atom stereocenters. The Labute approximate surface area is 294 Å². The Kier molecular flexibility index (Phi) is 12.3. The second kappa shape index (κ2) is 16.4. The molecule has 0 aliphatic carbocycles. The number of amides is 2. The number of halogens is 2. The number of nitrogens with zero attached hydrogens (tertiary/aromatic N) is 3. The highest BCUT2D eigenvalue weighted by Gasteiger charge is 2.29. The van der Waals surface area contributed by atoms with Crippen molar-refractivity contribution in [3.8, 4) is 11.5 Å². The van der Waals surface area contributed by atoms with Gasteiger partial charge in [0.15, 0.2) is 0 Å². The highest BCUT2D eigenvalue weighted by Crippen LogP contribution is 2.33. The molecule has 19 heteroatoms. The number of urea groups is 1. The maximum atomic E-state index is 12.6. The molecular weight excluding hydrogens is 721 g/mol. The van der Waals surface area contributed by atoms with Crippen LogP contribution in [0.2, 0.25) is 10.0 Å². The Hall–Kier alpha value is -5.36. The third-order valence-electron chi connectivity index (χ3n) is 6.40. The van der Waals surface area contributed by atoms with Crippen LogP contribution in [0.25, 0.3) is 0 Å². The van der Waals surface area contributed by atoms with Crippen molar-refractivity contribution in [1.82, 2.24) is 14.7 Å². The average Bonchev–Trinajstić information content (AvgIpc) is 3.03. The molecule has 2 N–H and O–H groups in total. The van der Waals surface area contributed by atoms with Crippen LogP contribution in [0, 0.1) is 24.0 Å². The van der Waals surface area contributed by atoms with Gasteiger partial charge in [0.1, 0.15) is 28.1 Å². The summed E-state index contributed by atoms with van der Waals surface area (Å²) in [4.78, 5) is 53.9. The van der Waals surface area contributed by atoms with Crippen LogP contribution < -0.4 is 14.8 Å². The van der Waals surface area contributed by atoms with E-state index in [1.165, 1.54) is 42.5 Å². The average molecular weight is 749 g/mol. The van der Waals surface area contributed by atoms with Gasteiger partial charge in [0.25, 0.3) is 15.7 Å². The predicted molar refractivity (Wildman–Crippen MR) is 178 cm³/mol. The molecule has 2 heterocycles. The number of carbonyl (C=O) groups excluding carboxylic acids is 3. The summed E-state index contributed by atoms with van der Waals surface area (Å²) >= 11 is 11.8. The standard InChI is InChI=1S/C17H18N4O6S.C14H9Cl2NO5/c1-10-7-11(2)19-16(18-10)20-17(23)21-28(24,25)14-6-4-3-5-13(14)15(22)27-12-8-26-9-12;1-21-14(18)10-7-9(3-4-12(10)17(19)20)22-13-5-2-8(15)6-11(13)16/h3-7,12H,8-9H2,1-2H3,(H2,18,19,20,21,23);2-7H,1H3. The van der Waals surface area contributed by atoms with Crippen molar-refractivity contribution in [2.24, 2.45) is 0 Å². The molecule has 262 valence electrons. The number of hydrogen-bond acceptors (Lipinski definition) is 13. The number of sulfonamides is 1. The van der Waals surface area contributed by atoms with Crippen LogP contribution in [0.15, 0.2) is 71.6 Å². The summed E-state index contributed by atoms with van der Waals surface area (Å²) in [5, 5.41) is 13.9. The zero-order valence-electron chi connectivity index (χ0n) is 26.3. The van der Waals surface area contributed by atoms with Crippen molar-refractivity contribution in [2.45, 2.75) is 24.8 Å². The number of anilines is 1. The SMILES string of the molecule is COC(=O)c1cc(Oc2ccc(Cl)cc2Cl)ccc1[N+](=O)[O-].Cc1cc(C)nc(NC(=O)NS(=O)(=O)c2ccccc2C(=O)OC2COC2)n1. The first-order valence-corrected chi connectivity index (χ1v) is 16.4. The van der Waals surface area contributed by atoms with Gasteiger partial charge in [-0.05, 0) is 56.3 Å². The minimum Gasteiger partial charge on any atom is -0.465 e. The van der Waals surface area contributed by atoms with E-state index in [9.17, 15) is 32.9 Å². The smallest absolute Gasteiger partial charge is 0.345 e. The quantitative estimate of drug-likeness (QED) is 0.121. The number of nitro groups is 1. The number of aryl methyl sites for hydroxylation is 2. The number of ether oxygens (including phenoxy) is 4. The lowest BCUT2D eigenvalue weighted by atomic mass is 10.1. The van der Waals surface area contributed by atoms with E-state index in [0.717, 1.165) is 13.2 Å². The highest BCUT2D eigenvalue weighted by atomic mass is 35.5. The van der Waals surface area contributed by atoms with E-state index < -0.39 is 39.0 Å². The van der Waals surface area contributed by atoms with E-state index in [0.29, 0.717) is 22.2 Å². The van der Waals surface area contributed by atoms with Gasteiger partial charge in [0.2, 0.25) is 5.95 Å². The largest absolute Gasteiger partial charge is 0.465 e. The molecule has 0 bridgehead atoms.